The van der Waals surface area contributed by atoms with Crippen molar-refractivity contribution < 1.29 is 17.9 Å². The van der Waals surface area contributed by atoms with E-state index in [4.69, 9.17) is 10.00 Å². The van der Waals surface area contributed by atoms with Gasteiger partial charge in [0.05, 0.1) is 29.7 Å². The average Bonchev–Trinajstić information content (AvgIpc) is 2.59. The molecule has 142 valence electrons. The maximum absolute atomic E-state index is 12.4. The van der Waals surface area contributed by atoms with Gasteiger partial charge in [0, 0.05) is 5.69 Å². The fraction of sp³-hybridized carbons (Fsp3) is 0.263. The van der Waals surface area contributed by atoms with Crippen molar-refractivity contribution in [2.45, 2.75) is 20.0 Å². The summed E-state index contributed by atoms with van der Waals surface area (Å²) in [4.78, 5) is 12.4. The van der Waals surface area contributed by atoms with Crippen LogP contribution in [-0.4, -0.2) is 33.2 Å². The Balaban J connectivity index is 2.28. The number of carbonyl (C=O) groups is 1. The highest BCUT2D eigenvalue weighted by Gasteiger charge is 2.24. The highest BCUT2D eigenvalue weighted by molar-refractivity contribution is 7.92. The van der Waals surface area contributed by atoms with Gasteiger partial charge in [0.2, 0.25) is 15.9 Å². The molecule has 27 heavy (non-hydrogen) atoms. The largest absolute Gasteiger partial charge is 0.489 e. The van der Waals surface area contributed by atoms with Crippen LogP contribution in [-0.2, 0) is 14.8 Å². The van der Waals surface area contributed by atoms with Crippen LogP contribution in [0, 0.1) is 11.3 Å². The second-order valence-corrected chi connectivity index (χ2v) is 8.05. The first-order valence-electron chi connectivity index (χ1n) is 8.24. The van der Waals surface area contributed by atoms with E-state index in [2.05, 4.69) is 5.32 Å². The SMILES string of the molecule is CC(C)Oc1ccccc1N(CC(=O)Nc1cccc(C#N)c1)S(C)(=O)=O. The summed E-state index contributed by atoms with van der Waals surface area (Å²) in [5.74, 6) is -0.160. The normalized spacial score (nSPS) is 10.9. The molecule has 8 heteroatoms. The number of anilines is 2. The first-order valence-corrected chi connectivity index (χ1v) is 10.1. The number of sulfonamides is 1. The van der Waals surface area contributed by atoms with E-state index in [1.165, 1.54) is 6.07 Å². The van der Waals surface area contributed by atoms with Crippen LogP contribution in [0.5, 0.6) is 5.75 Å². The van der Waals surface area contributed by atoms with E-state index in [1.54, 1.807) is 42.5 Å². The van der Waals surface area contributed by atoms with Crippen molar-refractivity contribution in [2.75, 3.05) is 22.4 Å². The fourth-order valence-electron chi connectivity index (χ4n) is 2.40. The molecule has 0 saturated heterocycles. The van der Waals surface area contributed by atoms with Gasteiger partial charge in [0.15, 0.2) is 0 Å². The molecule has 0 aliphatic carbocycles. The lowest BCUT2D eigenvalue weighted by atomic mass is 10.2. The van der Waals surface area contributed by atoms with Crippen molar-refractivity contribution in [3.63, 3.8) is 0 Å². The van der Waals surface area contributed by atoms with E-state index < -0.39 is 22.5 Å². The van der Waals surface area contributed by atoms with E-state index >= 15 is 0 Å². The second kappa shape index (κ2) is 8.56. The van der Waals surface area contributed by atoms with Crippen LogP contribution in [0.25, 0.3) is 0 Å². The molecular formula is C19H21N3O4S. The Bertz CT molecular complexity index is 965. The van der Waals surface area contributed by atoms with E-state index in [-0.39, 0.29) is 11.8 Å². The fourth-order valence-corrected chi connectivity index (χ4v) is 3.26. The number of hydrogen-bond donors (Lipinski definition) is 1. The zero-order valence-electron chi connectivity index (χ0n) is 15.3. The molecule has 0 bridgehead atoms. The topological polar surface area (TPSA) is 99.5 Å². The van der Waals surface area contributed by atoms with Crippen molar-refractivity contribution in [1.82, 2.24) is 0 Å². The van der Waals surface area contributed by atoms with Crippen LogP contribution in [0.4, 0.5) is 11.4 Å². The molecule has 2 rings (SSSR count). The lowest BCUT2D eigenvalue weighted by Crippen LogP contribution is -2.37. The molecule has 0 aliphatic heterocycles. The Morgan fingerprint density at radius 1 is 1.22 bits per heavy atom. The molecule has 0 spiro atoms. The summed E-state index contributed by atoms with van der Waals surface area (Å²) < 4.78 is 31.3. The van der Waals surface area contributed by atoms with Crippen molar-refractivity contribution >= 4 is 27.3 Å². The Morgan fingerprint density at radius 3 is 2.56 bits per heavy atom. The Labute approximate surface area is 159 Å². The first-order chi connectivity index (χ1) is 12.7. The standard InChI is InChI=1S/C19H21N3O4S/c1-14(2)26-18-10-5-4-9-17(18)22(27(3,24)25)13-19(23)21-16-8-6-7-15(11-16)12-20/h4-11,14H,13H2,1-3H3,(H,21,23). The summed E-state index contributed by atoms with van der Waals surface area (Å²) in [6.45, 7) is 3.24. The quantitative estimate of drug-likeness (QED) is 0.787. The van der Waals surface area contributed by atoms with Crippen LogP contribution in [0.3, 0.4) is 0 Å². The lowest BCUT2D eigenvalue weighted by Gasteiger charge is -2.25. The van der Waals surface area contributed by atoms with E-state index in [9.17, 15) is 13.2 Å². The molecule has 2 aromatic rings. The van der Waals surface area contributed by atoms with Gasteiger partial charge in [0.1, 0.15) is 12.3 Å². The monoisotopic (exact) mass is 387 g/mol. The second-order valence-electron chi connectivity index (χ2n) is 6.14. The minimum absolute atomic E-state index is 0.157. The summed E-state index contributed by atoms with van der Waals surface area (Å²) in [7, 11) is -3.74. The zero-order chi connectivity index (χ0) is 20.0. The third-order valence-corrected chi connectivity index (χ3v) is 4.59. The van der Waals surface area contributed by atoms with Crippen LogP contribution < -0.4 is 14.4 Å². The van der Waals surface area contributed by atoms with Gasteiger partial charge in [-0.3, -0.25) is 9.10 Å². The number of ether oxygens (including phenoxy) is 1. The molecule has 7 nitrogen and oxygen atoms in total. The summed E-state index contributed by atoms with van der Waals surface area (Å²) in [6.07, 6.45) is 0.873. The predicted molar refractivity (Wildman–Crippen MR) is 104 cm³/mol. The van der Waals surface area contributed by atoms with Crippen molar-refractivity contribution in [1.29, 1.82) is 5.26 Å². The van der Waals surface area contributed by atoms with E-state index in [0.717, 1.165) is 10.6 Å². The van der Waals surface area contributed by atoms with Gasteiger partial charge < -0.3 is 10.1 Å². The van der Waals surface area contributed by atoms with Gasteiger partial charge in [-0.25, -0.2) is 8.42 Å². The van der Waals surface area contributed by atoms with Gasteiger partial charge in [-0.05, 0) is 44.2 Å². The summed E-state index contributed by atoms with van der Waals surface area (Å²) >= 11 is 0. The molecule has 0 fully saturated rings. The van der Waals surface area contributed by atoms with Gasteiger partial charge in [-0.1, -0.05) is 18.2 Å². The predicted octanol–water partition coefficient (Wildman–Crippen LogP) is 2.75. The minimum Gasteiger partial charge on any atom is -0.489 e. The van der Waals surface area contributed by atoms with Crippen LogP contribution in [0.1, 0.15) is 19.4 Å². The molecule has 1 N–H and O–H groups in total. The van der Waals surface area contributed by atoms with Crippen LogP contribution in [0.15, 0.2) is 48.5 Å². The number of carbonyl (C=O) groups excluding carboxylic acids is 1. The number of para-hydroxylation sites is 2. The van der Waals surface area contributed by atoms with Gasteiger partial charge >= 0.3 is 0 Å². The van der Waals surface area contributed by atoms with Gasteiger partial charge in [0.25, 0.3) is 0 Å². The summed E-state index contributed by atoms with van der Waals surface area (Å²) in [6, 6.07) is 15.0. The third kappa shape index (κ3) is 5.72. The average molecular weight is 387 g/mol. The maximum atomic E-state index is 12.4. The number of amides is 1. The maximum Gasteiger partial charge on any atom is 0.245 e. The smallest absolute Gasteiger partial charge is 0.245 e. The van der Waals surface area contributed by atoms with Gasteiger partial charge in [-0.2, -0.15) is 5.26 Å². The molecule has 0 aliphatic rings. The summed E-state index contributed by atoms with van der Waals surface area (Å²) in [5.41, 5.74) is 1.09. The molecule has 0 saturated carbocycles. The number of nitrogens with one attached hydrogen (secondary N) is 1. The van der Waals surface area contributed by atoms with Crippen molar-refractivity contribution in [3.8, 4) is 11.8 Å². The van der Waals surface area contributed by atoms with Gasteiger partial charge in [-0.15, -0.1) is 0 Å². The Hall–Kier alpha value is -3.05. The molecular weight excluding hydrogens is 366 g/mol. The lowest BCUT2D eigenvalue weighted by molar-refractivity contribution is -0.114. The number of benzene rings is 2. The zero-order valence-corrected chi connectivity index (χ0v) is 16.2. The Morgan fingerprint density at radius 2 is 1.93 bits per heavy atom. The Kier molecular flexibility index (Phi) is 6.42. The van der Waals surface area contributed by atoms with Crippen LogP contribution in [0.2, 0.25) is 0 Å². The van der Waals surface area contributed by atoms with Crippen LogP contribution >= 0.6 is 0 Å². The number of nitrogens with zero attached hydrogens (tertiary/aromatic N) is 2. The van der Waals surface area contributed by atoms with E-state index in [1.807, 2.05) is 19.9 Å². The molecule has 0 heterocycles. The molecule has 0 aromatic heterocycles. The van der Waals surface area contributed by atoms with Crippen molar-refractivity contribution in [3.05, 3.63) is 54.1 Å². The number of hydrogen-bond acceptors (Lipinski definition) is 5. The summed E-state index contributed by atoms with van der Waals surface area (Å²) in [5, 5.41) is 11.5. The molecule has 2 aromatic carbocycles. The highest BCUT2D eigenvalue weighted by Crippen LogP contribution is 2.30. The number of rotatable bonds is 7. The molecule has 1 amide bonds. The van der Waals surface area contributed by atoms with E-state index in [0.29, 0.717) is 17.0 Å². The minimum atomic E-state index is -3.74. The molecule has 0 radical (unpaired) electrons. The van der Waals surface area contributed by atoms with Crippen molar-refractivity contribution in [2.24, 2.45) is 0 Å². The third-order valence-electron chi connectivity index (χ3n) is 3.46. The highest BCUT2D eigenvalue weighted by atomic mass is 32.2. The number of nitriles is 1. The first kappa shape index (κ1) is 20.3. The molecule has 0 atom stereocenters. The molecule has 0 unspecified atom stereocenters.